The highest BCUT2D eigenvalue weighted by molar-refractivity contribution is 6.30. The van der Waals surface area contributed by atoms with E-state index in [1.54, 1.807) is 6.20 Å². The first-order valence-corrected chi connectivity index (χ1v) is 7.61. The van der Waals surface area contributed by atoms with Gasteiger partial charge in [-0.3, -0.25) is 4.98 Å². The average Bonchev–Trinajstić information content (AvgIpc) is 2.43. The Morgan fingerprint density at radius 1 is 1.37 bits per heavy atom. The molecule has 19 heavy (non-hydrogen) atoms. The molecule has 1 aromatic heterocycles. The lowest BCUT2D eigenvalue weighted by Gasteiger charge is -2.18. The predicted octanol–water partition coefficient (Wildman–Crippen LogP) is 4.91. The van der Waals surface area contributed by atoms with Gasteiger partial charge in [-0.15, -0.1) is 6.58 Å². The van der Waals surface area contributed by atoms with Gasteiger partial charge in [-0.05, 0) is 44.4 Å². The molecule has 0 radical (unpaired) electrons. The minimum atomic E-state index is 0.348. The van der Waals surface area contributed by atoms with Gasteiger partial charge < -0.3 is 5.32 Å². The molecule has 1 unspecified atom stereocenters. The van der Waals surface area contributed by atoms with Crippen molar-refractivity contribution in [2.75, 3.05) is 6.54 Å². The summed E-state index contributed by atoms with van der Waals surface area (Å²) < 4.78 is 0. The summed E-state index contributed by atoms with van der Waals surface area (Å²) in [7, 11) is 0. The first-order chi connectivity index (χ1) is 9.27. The quantitative estimate of drug-likeness (QED) is 0.486. The van der Waals surface area contributed by atoms with E-state index in [1.165, 1.54) is 19.3 Å². The van der Waals surface area contributed by atoms with Crippen LogP contribution in [-0.2, 0) is 0 Å². The standard InChI is InChI=1S/C16H25ClN2/c1-3-5-6-7-8-9-15(18-12-4-2)16-11-10-14(17)13-19-16/h3,10-11,13,15,18H,1,4-9,12H2,2H3. The van der Waals surface area contributed by atoms with Gasteiger partial charge in [-0.25, -0.2) is 0 Å². The minimum Gasteiger partial charge on any atom is -0.309 e. The van der Waals surface area contributed by atoms with Gasteiger partial charge in [0.1, 0.15) is 0 Å². The van der Waals surface area contributed by atoms with Crippen LogP contribution >= 0.6 is 11.6 Å². The summed E-state index contributed by atoms with van der Waals surface area (Å²) in [5.41, 5.74) is 1.10. The molecule has 0 spiro atoms. The minimum absolute atomic E-state index is 0.348. The number of hydrogen-bond acceptors (Lipinski definition) is 2. The number of nitrogens with zero attached hydrogens (tertiary/aromatic N) is 1. The van der Waals surface area contributed by atoms with Crippen molar-refractivity contribution in [3.63, 3.8) is 0 Å². The molecule has 0 amide bonds. The van der Waals surface area contributed by atoms with E-state index >= 15 is 0 Å². The summed E-state index contributed by atoms with van der Waals surface area (Å²) in [6.07, 6.45) is 10.8. The topological polar surface area (TPSA) is 24.9 Å². The molecule has 0 bridgehead atoms. The van der Waals surface area contributed by atoms with Crippen LogP contribution < -0.4 is 5.32 Å². The zero-order valence-corrected chi connectivity index (χ0v) is 12.6. The van der Waals surface area contributed by atoms with Crippen LogP contribution in [0.25, 0.3) is 0 Å². The van der Waals surface area contributed by atoms with Crippen molar-refractivity contribution in [2.45, 2.75) is 51.5 Å². The molecule has 0 aliphatic heterocycles. The molecule has 3 heteroatoms. The third-order valence-corrected chi connectivity index (χ3v) is 3.37. The largest absolute Gasteiger partial charge is 0.309 e. The van der Waals surface area contributed by atoms with Gasteiger partial charge in [-0.2, -0.15) is 0 Å². The van der Waals surface area contributed by atoms with Gasteiger partial charge in [-0.1, -0.05) is 37.4 Å². The predicted molar refractivity (Wildman–Crippen MR) is 83.6 cm³/mol. The monoisotopic (exact) mass is 280 g/mol. The van der Waals surface area contributed by atoms with Gasteiger partial charge in [0.05, 0.1) is 10.7 Å². The molecule has 0 fully saturated rings. The molecule has 0 saturated carbocycles. The Morgan fingerprint density at radius 3 is 2.84 bits per heavy atom. The molecule has 0 aromatic carbocycles. The normalized spacial score (nSPS) is 12.3. The second-order valence-electron chi connectivity index (χ2n) is 4.83. The first-order valence-electron chi connectivity index (χ1n) is 7.23. The second kappa shape index (κ2) is 9.99. The van der Waals surface area contributed by atoms with E-state index < -0.39 is 0 Å². The van der Waals surface area contributed by atoms with Crippen LogP contribution in [0.1, 0.15) is 57.2 Å². The zero-order valence-electron chi connectivity index (χ0n) is 11.9. The van der Waals surface area contributed by atoms with E-state index in [2.05, 4.69) is 23.8 Å². The summed E-state index contributed by atoms with van der Waals surface area (Å²) in [5, 5.41) is 4.27. The molecule has 2 nitrogen and oxygen atoms in total. The van der Waals surface area contributed by atoms with Crippen LogP contribution in [0.15, 0.2) is 31.0 Å². The Hall–Kier alpha value is -0.860. The van der Waals surface area contributed by atoms with Gasteiger partial charge >= 0.3 is 0 Å². The summed E-state index contributed by atoms with van der Waals surface area (Å²) in [4.78, 5) is 4.44. The van der Waals surface area contributed by atoms with Crippen LogP contribution in [-0.4, -0.2) is 11.5 Å². The third kappa shape index (κ3) is 6.74. The fourth-order valence-electron chi connectivity index (χ4n) is 2.08. The van der Waals surface area contributed by atoms with Crippen LogP contribution in [0.2, 0.25) is 5.02 Å². The van der Waals surface area contributed by atoms with E-state index in [-0.39, 0.29) is 0 Å². The number of rotatable bonds is 10. The fraction of sp³-hybridized carbons (Fsp3) is 0.562. The number of unbranched alkanes of at least 4 members (excludes halogenated alkanes) is 3. The van der Waals surface area contributed by atoms with Gasteiger partial charge in [0.15, 0.2) is 0 Å². The molecule has 0 aliphatic carbocycles. The Balaban J connectivity index is 2.46. The fourth-order valence-corrected chi connectivity index (χ4v) is 2.19. The summed E-state index contributed by atoms with van der Waals surface area (Å²) in [5.74, 6) is 0. The van der Waals surface area contributed by atoms with Crippen molar-refractivity contribution in [1.29, 1.82) is 0 Å². The van der Waals surface area contributed by atoms with E-state index in [4.69, 9.17) is 11.6 Å². The summed E-state index contributed by atoms with van der Waals surface area (Å²) in [6.45, 7) is 6.97. The molecule has 1 aromatic rings. The number of hydrogen-bond donors (Lipinski definition) is 1. The number of nitrogens with one attached hydrogen (secondary N) is 1. The highest BCUT2D eigenvalue weighted by Crippen LogP contribution is 2.20. The third-order valence-electron chi connectivity index (χ3n) is 3.15. The lowest BCUT2D eigenvalue weighted by molar-refractivity contribution is 0.463. The van der Waals surface area contributed by atoms with Gasteiger partial charge in [0.25, 0.3) is 0 Å². The van der Waals surface area contributed by atoms with Crippen LogP contribution in [0.5, 0.6) is 0 Å². The molecule has 0 aliphatic rings. The molecule has 1 atom stereocenters. The first kappa shape index (κ1) is 16.2. The number of halogens is 1. The number of pyridine rings is 1. The smallest absolute Gasteiger partial charge is 0.0589 e. The SMILES string of the molecule is C=CCCCCCC(NCCC)c1ccc(Cl)cn1. The lowest BCUT2D eigenvalue weighted by atomic mass is 10.0. The van der Waals surface area contributed by atoms with Gasteiger partial charge in [0.2, 0.25) is 0 Å². The lowest BCUT2D eigenvalue weighted by Crippen LogP contribution is -2.23. The maximum atomic E-state index is 5.89. The van der Waals surface area contributed by atoms with E-state index in [9.17, 15) is 0 Å². The molecular weight excluding hydrogens is 256 g/mol. The number of aromatic nitrogens is 1. The van der Waals surface area contributed by atoms with Crippen molar-refractivity contribution in [2.24, 2.45) is 0 Å². The molecule has 1 N–H and O–H groups in total. The number of allylic oxidation sites excluding steroid dienone is 1. The maximum Gasteiger partial charge on any atom is 0.0589 e. The maximum absolute atomic E-state index is 5.89. The molecule has 1 heterocycles. The molecule has 106 valence electrons. The van der Waals surface area contributed by atoms with Crippen LogP contribution in [0.3, 0.4) is 0 Å². The van der Waals surface area contributed by atoms with Crippen molar-refractivity contribution in [3.05, 3.63) is 41.7 Å². The van der Waals surface area contributed by atoms with Crippen molar-refractivity contribution >= 4 is 11.6 Å². The second-order valence-corrected chi connectivity index (χ2v) is 5.27. The Kier molecular flexibility index (Phi) is 8.52. The Labute approximate surface area is 122 Å². The van der Waals surface area contributed by atoms with Crippen molar-refractivity contribution in [3.8, 4) is 0 Å². The Morgan fingerprint density at radius 2 is 2.21 bits per heavy atom. The summed E-state index contributed by atoms with van der Waals surface area (Å²) >= 11 is 5.89. The van der Waals surface area contributed by atoms with Crippen molar-refractivity contribution < 1.29 is 0 Å². The summed E-state index contributed by atoms with van der Waals surface area (Å²) in [6, 6.07) is 4.29. The van der Waals surface area contributed by atoms with E-state index in [0.29, 0.717) is 11.1 Å². The van der Waals surface area contributed by atoms with Gasteiger partial charge in [0, 0.05) is 12.2 Å². The molecule has 0 saturated heterocycles. The van der Waals surface area contributed by atoms with Crippen molar-refractivity contribution in [1.82, 2.24) is 10.3 Å². The van der Waals surface area contributed by atoms with E-state index in [0.717, 1.165) is 31.5 Å². The van der Waals surface area contributed by atoms with Crippen LogP contribution in [0.4, 0.5) is 0 Å². The van der Waals surface area contributed by atoms with E-state index in [1.807, 2.05) is 18.2 Å². The average molecular weight is 281 g/mol. The molecule has 1 rings (SSSR count). The molecular formula is C16H25ClN2. The highest BCUT2D eigenvalue weighted by Gasteiger charge is 2.11. The highest BCUT2D eigenvalue weighted by atomic mass is 35.5. The zero-order chi connectivity index (χ0) is 13.9. The van der Waals surface area contributed by atoms with Crippen LogP contribution in [0, 0.1) is 0 Å². The Bertz CT molecular complexity index is 348.